The lowest BCUT2D eigenvalue weighted by Crippen LogP contribution is -2.51. The fourth-order valence-corrected chi connectivity index (χ4v) is 2.55. The summed E-state index contributed by atoms with van der Waals surface area (Å²) in [6.07, 6.45) is 4.19. The van der Waals surface area contributed by atoms with Gasteiger partial charge in [-0.25, -0.2) is 9.59 Å². The number of carbonyl (C=O) groups excluding carboxylic acids is 1. The van der Waals surface area contributed by atoms with E-state index < -0.39 is 12.0 Å². The zero-order valence-corrected chi connectivity index (χ0v) is 12.5. The predicted octanol–water partition coefficient (Wildman–Crippen LogP) is 1.41. The topological polar surface area (TPSA) is 81.7 Å². The largest absolute Gasteiger partial charge is 0.480 e. The molecule has 1 aliphatic heterocycles. The second kappa shape index (κ2) is 8.79. The Morgan fingerprint density at radius 3 is 2.40 bits per heavy atom. The third kappa shape index (κ3) is 5.77. The first-order chi connectivity index (χ1) is 9.56. The van der Waals surface area contributed by atoms with Crippen LogP contribution in [-0.4, -0.2) is 53.7 Å². The van der Waals surface area contributed by atoms with E-state index in [1.54, 1.807) is 0 Å². The maximum Gasteiger partial charge on any atom is 0.326 e. The van der Waals surface area contributed by atoms with Gasteiger partial charge in [0, 0.05) is 19.1 Å². The molecule has 0 spiro atoms. The number of aliphatic carboxylic acids is 1. The normalized spacial score (nSPS) is 18.5. The van der Waals surface area contributed by atoms with Gasteiger partial charge in [0.1, 0.15) is 6.04 Å². The molecule has 1 aliphatic rings. The molecule has 1 atom stereocenters. The van der Waals surface area contributed by atoms with Crippen LogP contribution in [0.5, 0.6) is 0 Å². The highest BCUT2D eigenvalue weighted by Gasteiger charge is 2.23. The van der Waals surface area contributed by atoms with Crippen molar-refractivity contribution >= 4 is 12.0 Å². The first-order valence-corrected chi connectivity index (χ1v) is 7.59. The third-order valence-electron chi connectivity index (χ3n) is 3.64. The Labute approximate surface area is 120 Å². The van der Waals surface area contributed by atoms with E-state index in [0.717, 1.165) is 45.3 Å². The maximum absolute atomic E-state index is 11.8. The third-order valence-corrected chi connectivity index (χ3v) is 3.64. The molecule has 1 fully saturated rings. The Bertz CT molecular complexity index is 315. The fraction of sp³-hybridized carbons (Fsp3) is 0.857. The van der Waals surface area contributed by atoms with Gasteiger partial charge in [0.25, 0.3) is 0 Å². The van der Waals surface area contributed by atoms with E-state index in [4.69, 9.17) is 5.11 Å². The molecule has 0 aliphatic carbocycles. The smallest absolute Gasteiger partial charge is 0.326 e. The fourth-order valence-electron chi connectivity index (χ4n) is 2.55. The summed E-state index contributed by atoms with van der Waals surface area (Å²) in [7, 11) is 0. The van der Waals surface area contributed by atoms with Crippen molar-refractivity contribution in [2.24, 2.45) is 0 Å². The molecule has 1 rings (SSSR count). The van der Waals surface area contributed by atoms with Crippen LogP contribution in [0.4, 0.5) is 4.79 Å². The van der Waals surface area contributed by atoms with E-state index in [2.05, 4.69) is 22.5 Å². The Hall–Kier alpha value is -1.30. The van der Waals surface area contributed by atoms with Crippen LogP contribution < -0.4 is 10.6 Å². The van der Waals surface area contributed by atoms with Gasteiger partial charge < -0.3 is 20.6 Å². The molecule has 0 bridgehead atoms. The van der Waals surface area contributed by atoms with Crippen molar-refractivity contribution in [3.05, 3.63) is 0 Å². The predicted molar refractivity (Wildman–Crippen MR) is 77.8 cm³/mol. The van der Waals surface area contributed by atoms with E-state index in [1.165, 1.54) is 0 Å². The van der Waals surface area contributed by atoms with E-state index in [0.29, 0.717) is 6.42 Å². The summed E-state index contributed by atoms with van der Waals surface area (Å²) in [5.41, 5.74) is 0. The number of likely N-dealkylation sites (tertiary alicyclic amines) is 1. The molecule has 116 valence electrons. The molecule has 2 amide bonds. The molecule has 0 aromatic rings. The van der Waals surface area contributed by atoms with Crippen LogP contribution in [-0.2, 0) is 4.79 Å². The Morgan fingerprint density at radius 2 is 1.90 bits per heavy atom. The van der Waals surface area contributed by atoms with Crippen LogP contribution in [0.25, 0.3) is 0 Å². The van der Waals surface area contributed by atoms with Gasteiger partial charge in [-0.3, -0.25) is 0 Å². The molecular formula is C14H27N3O3. The minimum absolute atomic E-state index is 0.152. The van der Waals surface area contributed by atoms with E-state index in [-0.39, 0.29) is 12.1 Å². The molecule has 3 N–H and O–H groups in total. The standard InChI is InChI=1S/C14H27N3O3/c1-3-5-12(13(18)19)16-14(20)15-11-6-9-17(8-4-2)10-7-11/h11-12H,3-10H2,1-2H3,(H,18,19)(H2,15,16,20)/t12-/m0/s1. The number of rotatable bonds is 7. The summed E-state index contributed by atoms with van der Waals surface area (Å²) in [6.45, 7) is 7.17. The molecule has 0 aromatic carbocycles. The minimum Gasteiger partial charge on any atom is -0.480 e. The second-order valence-electron chi connectivity index (χ2n) is 5.41. The quantitative estimate of drug-likeness (QED) is 0.660. The lowest BCUT2D eigenvalue weighted by Gasteiger charge is -2.32. The van der Waals surface area contributed by atoms with Crippen molar-refractivity contribution in [1.82, 2.24) is 15.5 Å². The molecule has 1 heterocycles. The van der Waals surface area contributed by atoms with Crippen molar-refractivity contribution in [3.8, 4) is 0 Å². The maximum atomic E-state index is 11.8. The summed E-state index contributed by atoms with van der Waals surface area (Å²) in [5.74, 6) is -0.972. The van der Waals surface area contributed by atoms with Crippen molar-refractivity contribution < 1.29 is 14.7 Å². The van der Waals surface area contributed by atoms with E-state index in [9.17, 15) is 9.59 Å². The number of carbonyl (C=O) groups is 2. The molecule has 20 heavy (non-hydrogen) atoms. The van der Waals surface area contributed by atoms with Gasteiger partial charge in [0.05, 0.1) is 0 Å². The first kappa shape index (κ1) is 16.8. The highest BCUT2D eigenvalue weighted by atomic mass is 16.4. The second-order valence-corrected chi connectivity index (χ2v) is 5.41. The molecule has 0 aromatic heterocycles. The van der Waals surface area contributed by atoms with Gasteiger partial charge in [-0.15, -0.1) is 0 Å². The molecular weight excluding hydrogens is 258 g/mol. The van der Waals surface area contributed by atoms with Gasteiger partial charge in [-0.1, -0.05) is 20.3 Å². The number of nitrogens with zero attached hydrogens (tertiary/aromatic N) is 1. The molecule has 6 nitrogen and oxygen atoms in total. The monoisotopic (exact) mass is 285 g/mol. The van der Waals surface area contributed by atoms with Gasteiger partial charge in [-0.05, 0) is 32.2 Å². The number of piperidine rings is 1. The van der Waals surface area contributed by atoms with Crippen LogP contribution >= 0.6 is 0 Å². The highest BCUT2D eigenvalue weighted by Crippen LogP contribution is 2.10. The molecule has 0 saturated carbocycles. The number of hydrogen-bond acceptors (Lipinski definition) is 3. The summed E-state index contributed by atoms with van der Waals surface area (Å²) in [5, 5.41) is 14.4. The summed E-state index contributed by atoms with van der Waals surface area (Å²) < 4.78 is 0. The summed E-state index contributed by atoms with van der Waals surface area (Å²) in [4.78, 5) is 25.2. The first-order valence-electron chi connectivity index (χ1n) is 7.59. The van der Waals surface area contributed by atoms with Crippen LogP contribution in [0.1, 0.15) is 46.0 Å². The van der Waals surface area contributed by atoms with Crippen LogP contribution in [0.15, 0.2) is 0 Å². The number of amides is 2. The van der Waals surface area contributed by atoms with E-state index >= 15 is 0 Å². The lowest BCUT2D eigenvalue weighted by molar-refractivity contribution is -0.139. The van der Waals surface area contributed by atoms with Gasteiger partial charge >= 0.3 is 12.0 Å². The molecule has 0 unspecified atom stereocenters. The highest BCUT2D eigenvalue weighted by molar-refractivity contribution is 5.82. The van der Waals surface area contributed by atoms with Crippen molar-refractivity contribution in [2.45, 2.75) is 58.0 Å². The van der Waals surface area contributed by atoms with Crippen LogP contribution in [0, 0.1) is 0 Å². The summed E-state index contributed by atoms with van der Waals surface area (Å²) >= 11 is 0. The molecule has 1 saturated heterocycles. The van der Waals surface area contributed by atoms with Crippen molar-refractivity contribution in [2.75, 3.05) is 19.6 Å². The zero-order valence-electron chi connectivity index (χ0n) is 12.5. The van der Waals surface area contributed by atoms with Gasteiger partial charge in [-0.2, -0.15) is 0 Å². The number of urea groups is 1. The average molecular weight is 285 g/mol. The van der Waals surface area contributed by atoms with Gasteiger partial charge in [0.2, 0.25) is 0 Å². The van der Waals surface area contributed by atoms with E-state index in [1.807, 2.05) is 6.92 Å². The van der Waals surface area contributed by atoms with Crippen LogP contribution in [0.3, 0.4) is 0 Å². The Kier molecular flexibility index (Phi) is 7.36. The van der Waals surface area contributed by atoms with Crippen LogP contribution in [0.2, 0.25) is 0 Å². The van der Waals surface area contributed by atoms with Gasteiger partial charge in [0.15, 0.2) is 0 Å². The van der Waals surface area contributed by atoms with Crippen molar-refractivity contribution in [1.29, 1.82) is 0 Å². The lowest BCUT2D eigenvalue weighted by atomic mass is 10.1. The number of hydrogen-bond donors (Lipinski definition) is 3. The van der Waals surface area contributed by atoms with Crippen molar-refractivity contribution in [3.63, 3.8) is 0 Å². The Balaban J connectivity index is 2.30. The minimum atomic E-state index is -0.972. The average Bonchev–Trinajstić information content (AvgIpc) is 2.40. The molecule has 0 radical (unpaired) electrons. The number of carboxylic acids is 1. The summed E-state index contributed by atoms with van der Waals surface area (Å²) in [6, 6.07) is -1.00. The zero-order chi connectivity index (χ0) is 15.0. The number of nitrogens with one attached hydrogen (secondary N) is 2. The Morgan fingerprint density at radius 1 is 1.25 bits per heavy atom. The number of carboxylic acid groups (broad SMARTS) is 1. The SMILES string of the molecule is CCC[C@H](NC(=O)NC1CCN(CCC)CC1)C(=O)O. The molecule has 6 heteroatoms.